The molecule has 188 valence electrons. The van der Waals surface area contributed by atoms with Gasteiger partial charge in [-0.3, -0.25) is 20.0 Å². The fourth-order valence-electron chi connectivity index (χ4n) is 2.33. The highest BCUT2D eigenvalue weighted by molar-refractivity contribution is 6.28. The number of aliphatic hydroxyl groups is 10. The third-order valence-electron chi connectivity index (χ3n) is 4.59. The van der Waals surface area contributed by atoms with E-state index in [1.807, 2.05) is 0 Å². The van der Waals surface area contributed by atoms with Gasteiger partial charge in [0.25, 0.3) is 11.9 Å². The molecule has 1 aromatic rings. The minimum Gasteiger partial charge on any atom is -0.433 e. The summed E-state index contributed by atoms with van der Waals surface area (Å²) in [7, 11) is 0.190. The lowest BCUT2D eigenvalue weighted by Crippen LogP contribution is -2.63. The summed E-state index contributed by atoms with van der Waals surface area (Å²) < 4.78 is 10.0. The van der Waals surface area contributed by atoms with E-state index in [1.165, 1.54) is 0 Å². The molecule has 0 saturated carbocycles. The van der Waals surface area contributed by atoms with Crippen molar-refractivity contribution < 1.29 is 70.5 Å². The van der Waals surface area contributed by atoms with E-state index >= 15 is 0 Å². The first kappa shape index (κ1) is 28.8. The van der Waals surface area contributed by atoms with E-state index in [0.717, 1.165) is 23.8 Å². The molecule has 33 heavy (non-hydrogen) atoms. The van der Waals surface area contributed by atoms with Crippen molar-refractivity contribution >= 4 is 19.6 Å². The summed E-state index contributed by atoms with van der Waals surface area (Å²) in [5.74, 6) is -11.2. The number of hydrogen-bond donors (Lipinski definition) is 12. The van der Waals surface area contributed by atoms with Crippen LogP contribution in [0.5, 0.6) is 0 Å². The van der Waals surface area contributed by atoms with Gasteiger partial charge in [0, 0.05) is 6.20 Å². The first-order valence-electron chi connectivity index (χ1n) is 8.80. The maximum absolute atomic E-state index is 12.1. The minimum atomic E-state index is -4.34. The molecule has 0 aliphatic rings. The molecule has 1 heterocycles. The summed E-state index contributed by atoms with van der Waals surface area (Å²) in [6.45, 7) is 1.15. The second-order valence-electron chi connectivity index (χ2n) is 6.91. The van der Waals surface area contributed by atoms with Gasteiger partial charge in [-0.1, -0.05) is 0 Å². The van der Waals surface area contributed by atoms with Crippen LogP contribution in [0.4, 0.5) is 5.82 Å². The molecule has 4 unspecified atom stereocenters. The zero-order chi connectivity index (χ0) is 25.9. The first-order valence-corrected chi connectivity index (χ1v) is 8.80. The second kappa shape index (κ2) is 10.3. The summed E-state index contributed by atoms with van der Waals surface area (Å²) >= 11 is 0. The Balaban J connectivity index is 3.09. The van der Waals surface area contributed by atoms with Crippen LogP contribution in [0.1, 0.15) is 13.2 Å². The SMILES string of the molecule is BC(C(=O)OC(O)C(O)C(OC(C)n1ccc(NO)nc1=O)C(O)O)(C(O)(O)O)C(O)(O)O. The van der Waals surface area contributed by atoms with E-state index in [4.69, 9.17) is 9.94 Å². The molecule has 0 radical (unpaired) electrons. The van der Waals surface area contributed by atoms with Crippen LogP contribution in [0, 0.1) is 0 Å². The number of aliphatic hydroxyl groups excluding tert-OH is 3. The number of esters is 1. The zero-order valence-corrected chi connectivity index (χ0v) is 17.0. The molecule has 12 N–H and O–H groups in total. The van der Waals surface area contributed by atoms with Gasteiger partial charge in [-0.15, -0.1) is 0 Å². The van der Waals surface area contributed by atoms with Crippen LogP contribution in [0.2, 0.25) is 5.31 Å². The topological polar surface area (TPSA) is 305 Å². The van der Waals surface area contributed by atoms with Crippen molar-refractivity contribution in [1.82, 2.24) is 9.55 Å². The molecule has 19 heteroatoms. The fourth-order valence-corrected chi connectivity index (χ4v) is 2.33. The standard InChI is InChI=1S/C14H24BN3O15/c1-4(18-3-2-5(17-31)16-11(18)24)32-7(8(20)21)6(19)9(22)33-10(23)12(15,13(25,26)27)14(28,29)30/h2-4,6-9,19-22,25-31H,15H2,1H3,(H,16,17,24). The predicted octanol–water partition coefficient (Wildman–Crippen LogP) is -7.47. The maximum Gasteiger partial charge on any atom is 0.351 e. The Hall–Kier alpha value is -2.27. The molecule has 0 aliphatic carbocycles. The average Bonchev–Trinajstić information content (AvgIpc) is 2.68. The van der Waals surface area contributed by atoms with Crippen LogP contribution in [0.3, 0.4) is 0 Å². The average molecular weight is 485 g/mol. The van der Waals surface area contributed by atoms with E-state index in [9.17, 15) is 60.7 Å². The molecule has 0 spiro atoms. The van der Waals surface area contributed by atoms with Gasteiger partial charge in [0.05, 0.1) is 0 Å². The molecular formula is C14H24BN3O15. The lowest BCUT2D eigenvalue weighted by atomic mass is 9.64. The molecule has 0 aliphatic heterocycles. The van der Waals surface area contributed by atoms with Crippen LogP contribution in [0.25, 0.3) is 0 Å². The summed E-state index contributed by atoms with van der Waals surface area (Å²) in [5.41, 5.74) is 0.590. The third kappa shape index (κ3) is 6.20. The van der Waals surface area contributed by atoms with E-state index in [-0.39, 0.29) is 13.7 Å². The van der Waals surface area contributed by atoms with E-state index in [1.54, 1.807) is 5.48 Å². The molecule has 1 rings (SSSR count). The number of rotatable bonds is 11. The normalized spacial score (nSPS) is 16.8. The number of ether oxygens (including phenoxy) is 2. The number of carbonyl (C=O) groups is 1. The van der Waals surface area contributed by atoms with Gasteiger partial charge in [0.2, 0.25) is 6.29 Å². The van der Waals surface area contributed by atoms with Crippen molar-refractivity contribution in [2.75, 3.05) is 5.48 Å². The number of anilines is 1. The summed E-state index contributed by atoms with van der Waals surface area (Å²) in [4.78, 5) is 27.4. The fraction of sp³-hybridized carbons (Fsp3) is 0.643. The van der Waals surface area contributed by atoms with E-state index in [2.05, 4.69) is 9.72 Å². The lowest BCUT2D eigenvalue weighted by Gasteiger charge is -2.40. The smallest absolute Gasteiger partial charge is 0.351 e. The Bertz CT molecular complexity index is 853. The van der Waals surface area contributed by atoms with Crippen LogP contribution < -0.4 is 11.2 Å². The monoisotopic (exact) mass is 485 g/mol. The van der Waals surface area contributed by atoms with Crippen LogP contribution in [-0.4, -0.2) is 116 Å². The van der Waals surface area contributed by atoms with Crippen LogP contribution in [0.15, 0.2) is 17.1 Å². The van der Waals surface area contributed by atoms with E-state index < -0.39 is 59.9 Å². The molecule has 18 nitrogen and oxygen atoms in total. The molecule has 1 aromatic heterocycles. The summed E-state index contributed by atoms with van der Waals surface area (Å²) in [6, 6.07) is 1.11. The highest BCUT2D eigenvalue weighted by Gasteiger charge is 2.66. The van der Waals surface area contributed by atoms with Gasteiger partial charge < -0.3 is 60.5 Å². The Morgan fingerprint density at radius 2 is 1.64 bits per heavy atom. The zero-order valence-electron chi connectivity index (χ0n) is 17.0. The maximum atomic E-state index is 12.1. The number of aromatic nitrogens is 2. The molecule has 4 atom stereocenters. The molecule has 0 amide bonds. The minimum absolute atomic E-state index is 0.190. The lowest BCUT2D eigenvalue weighted by molar-refractivity contribution is -0.423. The Morgan fingerprint density at radius 1 is 1.12 bits per heavy atom. The van der Waals surface area contributed by atoms with Gasteiger partial charge in [0.1, 0.15) is 26.3 Å². The number of nitrogens with zero attached hydrogens (tertiary/aromatic N) is 2. The Kier molecular flexibility index (Phi) is 9.01. The summed E-state index contributed by atoms with van der Waals surface area (Å²) in [6.07, 6.45) is -10.6. The van der Waals surface area contributed by atoms with Crippen LogP contribution >= 0.6 is 0 Å². The largest absolute Gasteiger partial charge is 0.433 e. The predicted molar refractivity (Wildman–Crippen MR) is 99.8 cm³/mol. The van der Waals surface area contributed by atoms with E-state index in [0.29, 0.717) is 0 Å². The molecule has 0 saturated heterocycles. The molecule has 0 fully saturated rings. The van der Waals surface area contributed by atoms with Gasteiger partial charge >= 0.3 is 11.7 Å². The first-order chi connectivity index (χ1) is 14.9. The van der Waals surface area contributed by atoms with Crippen molar-refractivity contribution in [3.63, 3.8) is 0 Å². The molecule has 0 bridgehead atoms. The van der Waals surface area contributed by atoms with Crippen molar-refractivity contribution in [2.45, 2.75) is 55.2 Å². The second-order valence-corrected chi connectivity index (χ2v) is 6.91. The van der Waals surface area contributed by atoms with Crippen LogP contribution in [-0.2, 0) is 14.3 Å². The van der Waals surface area contributed by atoms with Gasteiger partial charge in [0.15, 0.2) is 17.4 Å². The Morgan fingerprint density at radius 3 is 2.03 bits per heavy atom. The molecule has 0 aromatic carbocycles. The Labute approximate surface area is 184 Å². The van der Waals surface area contributed by atoms with Gasteiger partial charge in [-0.2, -0.15) is 4.98 Å². The van der Waals surface area contributed by atoms with Crippen molar-refractivity contribution in [3.8, 4) is 0 Å². The van der Waals surface area contributed by atoms with Crippen molar-refractivity contribution in [2.24, 2.45) is 0 Å². The highest BCUT2D eigenvalue weighted by atomic mass is 16.7. The van der Waals surface area contributed by atoms with Gasteiger partial charge in [-0.25, -0.2) is 4.79 Å². The number of hydrogen-bond acceptors (Lipinski definition) is 17. The van der Waals surface area contributed by atoms with Gasteiger partial charge in [-0.05, 0) is 13.0 Å². The van der Waals surface area contributed by atoms with Crippen molar-refractivity contribution in [1.29, 1.82) is 0 Å². The number of carbonyl (C=O) groups excluding carboxylic acids is 1. The quantitative estimate of drug-likeness (QED) is 0.0599. The number of nitrogens with one attached hydrogen (secondary N) is 1. The summed E-state index contributed by atoms with van der Waals surface area (Å²) in [5, 5.41) is 99.3. The molecular weight excluding hydrogens is 461 g/mol. The third-order valence-corrected chi connectivity index (χ3v) is 4.59. The highest BCUT2D eigenvalue weighted by Crippen LogP contribution is 2.42. The van der Waals surface area contributed by atoms with Crippen molar-refractivity contribution in [3.05, 3.63) is 22.7 Å².